The Hall–Kier alpha value is -1.03. The van der Waals surface area contributed by atoms with Gasteiger partial charge in [-0.05, 0) is 31.2 Å². The molecule has 2 N–H and O–H groups in total. The number of rotatable bonds is 8. The van der Waals surface area contributed by atoms with Crippen molar-refractivity contribution in [3.63, 3.8) is 0 Å². The molecule has 19 heavy (non-hydrogen) atoms. The number of nitrogen functional groups attached to an aromatic ring is 1. The van der Waals surface area contributed by atoms with Crippen LogP contribution in [0.15, 0.2) is 18.2 Å². The molecule has 0 bridgehead atoms. The first-order valence-electron chi connectivity index (χ1n) is 6.88. The van der Waals surface area contributed by atoms with E-state index in [4.69, 9.17) is 10.5 Å². The van der Waals surface area contributed by atoms with E-state index < -0.39 is 0 Å². The molecule has 1 aromatic carbocycles. The molecule has 0 aliphatic heterocycles. The van der Waals surface area contributed by atoms with Gasteiger partial charge in [0.15, 0.2) is 0 Å². The van der Waals surface area contributed by atoms with Gasteiger partial charge in [-0.3, -0.25) is 0 Å². The first-order chi connectivity index (χ1) is 9.13. The maximum atomic E-state index is 5.95. The van der Waals surface area contributed by atoms with E-state index in [1.165, 1.54) is 5.69 Å². The van der Waals surface area contributed by atoms with Gasteiger partial charge >= 0.3 is 0 Å². The molecule has 0 heterocycles. The van der Waals surface area contributed by atoms with E-state index in [2.05, 4.69) is 38.1 Å². The third kappa shape index (κ3) is 4.53. The van der Waals surface area contributed by atoms with E-state index in [-0.39, 0.29) is 0 Å². The molecule has 3 nitrogen and oxygen atoms in total. The molecular formula is C15H26N2OS. The second kappa shape index (κ2) is 8.20. The Morgan fingerprint density at radius 1 is 1.37 bits per heavy atom. The molecule has 0 amide bonds. The van der Waals surface area contributed by atoms with E-state index >= 15 is 0 Å². The van der Waals surface area contributed by atoms with Crippen LogP contribution in [0.4, 0.5) is 11.4 Å². The number of anilines is 2. The van der Waals surface area contributed by atoms with Gasteiger partial charge in [0.2, 0.25) is 0 Å². The largest absolute Gasteiger partial charge is 0.491 e. The Morgan fingerprint density at radius 2 is 2.11 bits per heavy atom. The first-order valence-corrected chi connectivity index (χ1v) is 8.27. The highest BCUT2D eigenvalue weighted by atomic mass is 32.2. The fourth-order valence-electron chi connectivity index (χ4n) is 1.99. The predicted molar refractivity (Wildman–Crippen MR) is 87.5 cm³/mol. The number of hydrogen-bond acceptors (Lipinski definition) is 4. The summed E-state index contributed by atoms with van der Waals surface area (Å²) < 4.78 is 5.69. The predicted octanol–water partition coefficient (Wildman–Crippen LogP) is 3.64. The highest BCUT2D eigenvalue weighted by Crippen LogP contribution is 2.29. The number of ether oxygens (including phenoxy) is 1. The quantitative estimate of drug-likeness (QED) is 0.739. The van der Waals surface area contributed by atoms with Crippen molar-refractivity contribution in [3.05, 3.63) is 18.2 Å². The summed E-state index contributed by atoms with van der Waals surface area (Å²) in [5.41, 5.74) is 7.83. The number of nitrogens with zero attached hydrogens (tertiary/aromatic N) is 1. The summed E-state index contributed by atoms with van der Waals surface area (Å²) in [6.45, 7) is 5.03. The van der Waals surface area contributed by atoms with Crippen molar-refractivity contribution in [2.75, 3.05) is 36.3 Å². The molecule has 0 aromatic heterocycles. The standard InChI is InChI=1S/C15H26N2OS/c1-5-9-18-15-10-13(7-8-14(15)16)17(3)12(6-2)11-19-4/h7-8,10,12H,5-6,9,11,16H2,1-4H3. The van der Waals surface area contributed by atoms with E-state index in [0.29, 0.717) is 18.3 Å². The maximum Gasteiger partial charge on any atom is 0.144 e. The fraction of sp³-hybridized carbons (Fsp3) is 0.600. The summed E-state index contributed by atoms with van der Waals surface area (Å²) in [5, 5.41) is 0. The van der Waals surface area contributed by atoms with Gasteiger partial charge in [-0.2, -0.15) is 11.8 Å². The van der Waals surface area contributed by atoms with Gasteiger partial charge in [0.1, 0.15) is 5.75 Å². The van der Waals surface area contributed by atoms with Crippen molar-refractivity contribution in [1.29, 1.82) is 0 Å². The molecule has 1 rings (SSSR count). The van der Waals surface area contributed by atoms with Crippen molar-refractivity contribution in [2.45, 2.75) is 32.7 Å². The van der Waals surface area contributed by atoms with Gasteiger partial charge in [-0.15, -0.1) is 0 Å². The molecule has 1 atom stereocenters. The van der Waals surface area contributed by atoms with Crippen LogP contribution in [-0.4, -0.2) is 31.7 Å². The molecule has 4 heteroatoms. The van der Waals surface area contributed by atoms with E-state index in [1.54, 1.807) is 0 Å². The Labute approximate surface area is 121 Å². The van der Waals surface area contributed by atoms with Crippen molar-refractivity contribution < 1.29 is 4.74 Å². The van der Waals surface area contributed by atoms with Crippen LogP contribution in [0, 0.1) is 0 Å². The van der Waals surface area contributed by atoms with Gasteiger partial charge in [0.25, 0.3) is 0 Å². The van der Waals surface area contributed by atoms with Crippen molar-refractivity contribution in [3.8, 4) is 5.75 Å². The summed E-state index contributed by atoms with van der Waals surface area (Å²) in [6, 6.07) is 6.59. The van der Waals surface area contributed by atoms with Gasteiger partial charge < -0.3 is 15.4 Å². The zero-order chi connectivity index (χ0) is 14.3. The Morgan fingerprint density at radius 3 is 2.68 bits per heavy atom. The second-order valence-electron chi connectivity index (χ2n) is 4.70. The maximum absolute atomic E-state index is 5.95. The average Bonchev–Trinajstić information content (AvgIpc) is 2.43. The third-order valence-corrected chi connectivity index (χ3v) is 3.96. The molecule has 0 saturated carbocycles. The van der Waals surface area contributed by atoms with Crippen LogP contribution in [0.3, 0.4) is 0 Å². The van der Waals surface area contributed by atoms with Crippen LogP contribution in [-0.2, 0) is 0 Å². The van der Waals surface area contributed by atoms with Crippen molar-refractivity contribution in [2.24, 2.45) is 0 Å². The highest BCUT2D eigenvalue weighted by Gasteiger charge is 2.14. The third-order valence-electron chi connectivity index (χ3n) is 3.24. The molecule has 0 aliphatic carbocycles. The molecule has 0 fully saturated rings. The Bertz CT molecular complexity index is 384. The summed E-state index contributed by atoms with van der Waals surface area (Å²) in [7, 11) is 2.14. The number of nitrogens with two attached hydrogens (primary N) is 1. The smallest absolute Gasteiger partial charge is 0.144 e. The Kier molecular flexibility index (Phi) is 6.92. The average molecular weight is 282 g/mol. The van der Waals surface area contributed by atoms with Crippen LogP contribution < -0.4 is 15.4 Å². The second-order valence-corrected chi connectivity index (χ2v) is 5.61. The van der Waals surface area contributed by atoms with Crippen LogP contribution in [0.5, 0.6) is 5.75 Å². The van der Waals surface area contributed by atoms with Crippen LogP contribution >= 0.6 is 11.8 Å². The monoisotopic (exact) mass is 282 g/mol. The number of hydrogen-bond donors (Lipinski definition) is 1. The Balaban J connectivity index is 2.87. The minimum Gasteiger partial charge on any atom is -0.491 e. The van der Waals surface area contributed by atoms with Gasteiger partial charge in [0.05, 0.1) is 12.3 Å². The molecule has 0 radical (unpaired) electrons. The van der Waals surface area contributed by atoms with Gasteiger partial charge in [0, 0.05) is 30.6 Å². The molecule has 1 unspecified atom stereocenters. The van der Waals surface area contributed by atoms with Crippen LogP contribution in [0.25, 0.3) is 0 Å². The van der Waals surface area contributed by atoms with E-state index in [9.17, 15) is 0 Å². The zero-order valence-corrected chi connectivity index (χ0v) is 13.3. The fourth-order valence-corrected chi connectivity index (χ4v) is 2.83. The van der Waals surface area contributed by atoms with Crippen molar-refractivity contribution >= 4 is 23.1 Å². The first kappa shape index (κ1) is 16.0. The lowest BCUT2D eigenvalue weighted by Crippen LogP contribution is -2.33. The SMILES string of the molecule is CCCOc1cc(N(C)C(CC)CSC)ccc1N. The summed E-state index contributed by atoms with van der Waals surface area (Å²) in [4.78, 5) is 2.31. The highest BCUT2D eigenvalue weighted by molar-refractivity contribution is 7.98. The minimum absolute atomic E-state index is 0.539. The number of benzene rings is 1. The van der Waals surface area contributed by atoms with Gasteiger partial charge in [-0.1, -0.05) is 13.8 Å². The molecule has 108 valence electrons. The molecular weight excluding hydrogens is 256 g/mol. The lowest BCUT2D eigenvalue weighted by molar-refractivity contribution is 0.319. The number of thioether (sulfide) groups is 1. The van der Waals surface area contributed by atoms with Crippen molar-refractivity contribution in [1.82, 2.24) is 0 Å². The summed E-state index contributed by atoms with van der Waals surface area (Å²) >= 11 is 1.88. The lowest BCUT2D eigenvalue weighted by Gasteiger charge is -2.29. The normalized spacial score (nSPS) is 12.2. The van der Waals surface area contributed by atoms with Gasteiger partial charge in [-0.25, -0.2) is 0 Å². The van der Waals surface area contributed by atoms with Crippen LogP contribution in [0.1, 0.15) is 26.7 Å². The molecule has 0 spiro atoms. The lowest BCUT2D eigenvalue weighted by atomic mass is 10.2. The topological polar surface area (TPSA) is 38.5 Å². The van der Waals surface area contributed by atoms with E-state index in [1.807, 2.05) is 23.9 Å². The van der Waals surface area contributed by atoms with Crippen LogP contribution in [0.2, 0.25) is 0 Å². The molecule has 0 saturated heterocycles. The van der Waals surface area contributed by atoms with E-state index in [0.717, 1.165) is 24.3 Å². The summed E-state index contributed by atoms with van der Waals surface area (Å²) in [5.74, 6) is 1.92. The molecule has 1 aromatic rings. The minimum atomic E-state index is 0.539. The summed E-state index contributed by atoms with van der Waals surface area (Å²) in [6.07, 6.45) is 4.27. The molecule has 0 aliphatic rings. The zero-order valence-electron chi connectivity index (χ0n) is 12.5.